The normalized spacial score (nSPS) is 21.9. The zero-order valence-electron chi connectivity index (χ0n) is 15.2. The van der Waals surface area contributed by atoms with Crippen LogP contribution in [0.25, 0.3) is 0 Å². The average Bonchev–Trinajstić information content (AvgIpc) is 3.09. The first-order valence-corrected chi connectivity index (χ1v) is 9.53. The smallest absolute Gasteiger partial charge is 0.254 e. The molecule has 132 valence electrons. The molecule has 0 aromatic heterocycles. The van der Waals surface area contributed by atoms with Gasteiger partial charge in [-0.15, -0.1) is 0 Å². The molecule has 0 radical (unpaired) electrons. The maximum atomic E-state index is 12.9. The molecule has 2 saturated heterocycles. The van der Waals surface area contributed by atoms with E-state index in [0.29, 0.717) is 6.04 Å². The number of rotatable bonds is 5. The third-order valence-electron chi connectivity index (χ3n) is 5.58. The van der Waals surface area contributed by atoms with Gasteiger partial charge in [-0.05, 0) is 70.0 Å². The van der Waals surface area contributed by atoms with Crippen molar-refractivity contribution in [1.29, 1.82) is 0 Å². The number of hydrogen-bond acceptors (Lipinski definition) is 3. The van der Waals surface area contributed by atoms with Crippen molar-refractivity contribution >= 4 is 11.6 Å². The van der Waals surface area contributed by atoms with Gasteiger partial charge in [-0.1, -0.05) is 6.42 Å². The highest BCUT2D eigenvalue weighted by Gasteiger charge is 2.31. The van der Waals surface area contributed by atoms with Crippen LogP contribution in [0.2, 0.25) is 0 Å². The van der Waals surface area contributed by atoms with Crippen molar-refractivity contribution in [2.24, 2.45) is 0 Å². The monoisotopic (exact) mass is 329 g/mol. The highest BCUT2D eigenvalue weighted by molar-refractivity contribution is 5.95. The third-order valence-corrected chi connectivity index (χ3v) is 5.58. The van der Waals surface area contributed by atoms with E-state index in [2.05, 4.69) is 40.8 Å². The maximum absolute atomic E-state index is 12.9. The predicted octanol–water partition coefficient (Wildman–Crippen LogP) is 3.23. The van der Waals surface area contributed by atoms with Gasteiger partial charge in [0.2, 0.25) is 0 Å². The Morgan fingerprint density at radius 3 is 2.46 bits per heavy atom. The number of piperidine rings is 1. The molecule has 4 heteroatoms. The number of carbonyl (C=O) groups excluding carboxylic acids is 1. The van der Waals surface area contributed by atoms with Gasteiger partial charge in [-0.25, -0.2) is 0 Å². The molecule has 1 atom stereocenters. The summed E-state index contributed by atoms with van der Waals surface area (Å²) < 4.78 is 0. The minimum Gasteiger partial charge on any atom is -0.375 e. The van der Waals surface area contributed by atoms with Crippen LogP contribution >= 0.6 is 0 Å². The zero-order chi connectivity index (χ0) is 16.9. The molecule has 0 bridgehead atoms. The Labute approximate surface area is 146 Å². The van der Waals surface area contributed by atoms with E-state index in [4.69, 9.17) is 0 Å². The minimum absolute atomic E-state index is 0.209. The van der Waals surface area contributed by atoms with Crippen molar-refractivity contribution in [3.63, 3.8) is 0 Å². The molecule has 24 heavy (non-hydrogen) atoms. The molecule has 3 rings (SSSR count). The molecule has 2 aliphatic heterocycles. The average molecular weight is 329 g/mol. The SMILES string of the molecule is CCN(C)c1ccc(C(=O)N2CCCC2CN2CCCCC2)cc1. The second-order valence-corrected chi connectivity index (χ2v) is 7.22. The Morgan fingerprint density at radius 2 is 1.79 bits per heavy atom. The molecule has 2 heterocycles. The number of benzene rings is 1. The summed E-state index contributed by atoms with van der Waals surface area (Å²) in [6, 6.07) is 8.49. The lowest BCUT2D eigenvalue weighted by atomic mass is 10.1. The Balaban J connectivity index is 1.64. The molecule has 2 aliphatic rings. The van der Waals surface area contributed by atoms with Gasteiger partial charge in [0.25, 0.3) is 5.91 Å². The van der Waals surface area contributed by atoms with Crippen LogP contribution < -0.4 is 4.90 Å². The van der Waals surface area contributed by atoms with E-state index >= 15 is 0 Å². The van der Waals surface area contributed by atoms with Crippen LogP contribution in [-0.2, 0) is 0 Å². The van der Waals surface area contributed by atoms with Crippen molar-refractivity contribution in [2.45, 2.75) is 45.1 Å². The number of carbonyl (C=O) groups is 1. The Hall–Kier alpha value is -1.55. The summed E-state index contributed by atoms with van der Waals surface area (Å²) >= 11 is 0. The van der Waals surface area contributed by atoms with Crippen molar-refractivity contribution in [3.05, 3.63) is 29.8 Å². The lowest BCUT2D eigenvalue weighted by Gasteiger charge is -2.33. The number of likely N-dealkylation sites (tertiary alicyclic amines) is 2. The highest BCUT2D eigenvalue weighted by atomic mass is 16.2. The van der Waals surface area contributed by atoms with Gasteiger partial charge in [0, 0.05) is 44.0 Å². The van der Waals surface area contributed by atoms with Gasteiger partial charge in [0.1, 0.15) is 0 Å². The second-order valence-electron chi connectivity index (χ2n) is 7.22. The molecular formula is C20H31N3O. The van der Waals surface area contributed by atoms with E-state index in [1.165, 1.54) is 38.0 Å². The summed E-state index contributed by atoms with van der Waals surface area (Å²) in [4.78, 5) is 19.8. The molecule has 2 fully saturated rings. The molecule has 0 N–H and O–H groups in total. The van der Waals surface area contributed by atoms with E-state index < -0.39 is 0 Å². The lowest BCUT2D eigenvalue weighted by molar-refractivity contribution is 0.0690. The molecule has 1 aromatic carbocycles. The molecule has 0 spiro atoms. The number of nitrogens with zero attached hydrogens (tertiary/aromatic N) is 3. The Morgan fingerprint density at radius 1 is 1.08 bits per heavy atom. The number of anilines is 1. The van der Waals surface area contributed by atoms with Crippen LogP contribution in [0, 0.1) is 0 Å². The van der Waals surface area contributed by atoms with Gasteiger partial charge < -0.3 is 14.7 Å². The van der Waals surface area contributed by atoms with E-state index in [9.17, 15) is 4.79 Å². The van der Waals surface area contributed by atoms with Crippen molar-refractivity contribution in [3.8, 4) is 0 Å². The fraction of sp³-hybridized carbons (Fsp3) is 0.650. The zero-order valence-corrected chi connectivity index (χ0v) is 15.2. The minimum atomic E-state index is 0.209. The van der Waals surface area contributed by atoms with Gasteiger partial charge in [-0.3, -0.25) is 4.79 Å². The highest BCUT2D eigenvalue weighted by Crippen LogP contribution is 2.23. The lowest BCUT2D eigenvalue weighted by Crippen LogP contribution is -2.44. The molecule has 1 amide bonds. The molecule has 1 unspecified atom stereocenters. The molecule has 0 saturated carbocycles. The van der Waals surface area contributed by atoms with Crippen LogP contribution in [-0.4, -0.2) is 61.5 Å². The van der Waals surface area contributed by atoms with Gasteiger partial charge >= 0.3 is 0 Å². The first-order chi connectivity index (χ1) is 11.7. The summed E-state index contributed by atoms with van der Waals surface area (Å²) in [6.45, 7) is 7.48. The van der Waals surface area contributed by atoms with Crippen LogP contribution in [0.5, 0.6) is 0 Å². The van der Waals surface area contributed by atoms with E-state index in [1.807, 2.05) is 12.1 Å². The summed E-state index contributed by atoms with van der Waals surface area (Å²) in [6.07, 6.45) is 6.28. The topological polar surface area (TPSA) is 26.8 Å². The van der Waals surface area contributed by atoms with E-state index in [0.717, 1.165) is 38.0 Å². The number of amides is 1. The fourth-order valence-corrected chi connectivity index (χ4v) is 3.94. The van der Waals surface area contributed by atoms with E-state index in [1.54, 1.807) is 0 Å². The number of hydrogen-bond donors (Lipinski definition) is 0. The second kappa shape index (κ2) is 8.02. The standard InChI is InChI=1S/C20H31N3O/c1-3-21(2)18-11-9-17(10-12-18)20(24)23-15-7-8-19(23)16-22-13-5-4-6-14-22/h9-12,19H,3-8,13-16H2,1-2H3. The van der Waals surface area contributed by atoms with Gasteiger partial charge in [0.15, 0.2) is 0 Å². The first kappa shape index (κ1) is 17.3. The molecule has 1 aromatic rings. The quantitative estimate of drug-likeness (QED) is 0.830. The third kappa shape index (κ3) is 3.92. The summed E-state index contributed by atoms with van der Waals surface area (Å²) in [5.41, 5.74) is 1.99. The van der Waals surface area contributed by atoms with Gasteiger partial charge in [-0.2, -0.15) is 0 Å². The van der Waals surface area contributed by atoms with Crippen LogP contribution in [0.3, 0.4) is 0 Å². The predicted molar refractivity (Wildman–Crippen MR) is 99.7 cm³/mol. The summed E-state index contributed by atoms with van der Waals surface area (Å²) in [5, 5.41) is 0. The largest absolute Gasteiger partial charge is 0.375 e. The van der Waals surface area contributed by atoms with Crippen molar-refractivity contribution in [2.75, 3.05) is 44.7 Å². The van der Waals surface area contributed by atoms with Crippen LogP contribution in [0.1, 0.15) is 49.4 Å². The van der Waals surface area contributed by atoms with Crippen molar-refractivity contribution in [1.82, 2.24) is 9.80 Å². The van der Waals surface area contributed by atoms with E-state index in [-0.39, 0.29) is 5.91 Å². The molecule has 4 nitrogen and oxygen atoms in total. The van der Waals surface area contributed by atoms with Crippen LogP contribution in [0.4, 0.5) is 5.69 Å². The van der Waals surface area contributed by atoms with Gasteiger partial charge in [0.05, 0.1) is 0 Å². The Kier molecular flexibility index (Phi) is 5.77. The summed E-state index contributed by atoms with van der Waals surface area (Å²) in [7, 11) is 2.08. The summed E-state index contributed by atoms with van der Waals surface area (Å²) in [5.74, 6) is 0.209. The van der Waals surface area contributed by atoms with Crippen molar-refractivity contribution < 1.29 is 4.79 Å². The Bertz CT molecular complexity index is 536. The molecular weight excluding hydrogens is 298 g/mol. The fourth-order valence-electron chi connectivity index (χ4n) is 3.94. The first-order valence-electron chi connectivity index (χ1n) is 9.53. The van der Waals surface area contributed by atoms with Crippen LogP contribution in [0.15, 0.2) is 24.3 Å². The maximum Gasteiger partial charge on any atom is 0.254 e. The molecule has 0 aliphatic carbocycles.